The number of nitrogen functional groups attached to an aromatic ring is 1. The van der Waals surface area contributed by atoms with Gasteiger partial charge in [-0.15, -0.1) is 11.3 Å². The molecule has 0 bridgehead atoms. The molecule has 5 nitrogen and oxygen atoms in total. The molecule has 0 unspecified atom stereocenters. The van der Waals surface area contributed by atoms with Crippen LogP contribution in [0.15, 0.2) is 0 Å². The van der Waals surface area contributed by atoms with Gasteiger partial charge in [0.2, 0.25) is 0 Å². The van der Waals surface area contributed by atoms with Gasteiger partial charge in [0.15, 0.2) is 5.78 Å². The van der Waals surface area contributed by atoms with Crippen LogP contribution in [-0.2, 0) is 0 Å². The number of carbonyl (C=O) groups excluding carboxylic acids is 2. The van der Waals surface area contributed by atoms with Crippen LogP contribution in [-0.4, -0.2) is 31.8 Å². The lowest BCUT2D eigenvalue weighted by Crippen LogP contribution is -2.34. The van der Waals surface area contributed by atoms with E-state index in [1.54, 1.807) is 7.05 Å². The van der Waals surface area contributed by atoms with Gasteiger partial charge in [-0.3, -0.25) is 9.59 Å². The van der Waals surface area contributed by atoms with E-state index in [1.807, 2.05) is 0 Å². The Kier molecular flexibility index (Phi) is 4.88. The molecule has 21 heavy (non-hydrogen) atoms. The Labute approximate surface area is 129 Å². The maximum absolute atomic E-state index is 12.1. The topological polar surface area (TPSA) is 75.4 Å². The molecule has 6 heteroatoms. The zero-order valence-electron chi connectivity index (χ0n) is 12.9. The van der Waals surface area contributed by atoms with Crippen LogP contribution < -0.4 is 16.0 Å². The fourth-order valence-electron chi connectivity index (χ4n) is 2.80. The molecule has 1 fully saturated rings. The highest BCUT2D eigenvalue weighted by molar-refractivity contribution is 7.19. The van der Waals surface area contributed by atoms with Crippen LogP contribution in [0.4, 0.5) is 10.7 Å². The molecule has 1 aromatic heterocycles. The molecule has 1 saturated heterocycles. The maximum atomic E-state index is 12.1. The van der Waals surface area contributed by atoms with Gasteiger partial charge in [0.1, 0.15) is 5.00 Å². The van der Waals surface area contributed by atoms with Gasteiger partial charge >= 0.3 is 0 Å². The predicted octanol–water partition coefficient (Wildman–Crippen LogP) is 2.52. The molecule has 1 aliphatic rings. The number of Topliss-reactive ketones (excluding diaryl/α,β-unsaturated/α-hetero) is 1. The fourth-order valence-corrected chi connectivity index (χ4v) is 3.97. The molecule has 116 valence electrons. The minimum atomic E-state index is -0.219. The van der Waals surface area contributed by atoms with Crippen LogP contribution in [0, 0.1) is 5.92 Å². The Morgan fingerprint density at radius 2 is 2.00 bits per heavy atom. The normalized spacial score (nSPS) is 16.0. The Balaban J connectivity index is 2.36. The van der Waals surface area contributed by atoms with Crippen molar-refractivity contribution in [2.75, 3.05) is 30.8 Å². The van der Waals surface area contributed by atoms with Crippen molar-refractivity contribution in [3.63, 3.8) is 0 Å². The van der Waals surface area contributed by atoms with E-state index in [-0.39, 0.29) is 11.7 Å². The number of thiophene rings is 1. The van der Waals surface area contributed by atoms with Crippen LogP contribution in [0.3, 0.4) is 0 Å². The molecular formula is C15H23N3O2S. The summed E-state index contributed by atoms with van der Waals surface area (Å²) in [5.41, 5.74) is 6.82. The Morgan fingerprint density at radius 3 is 2.48 bits per heavy atom. The number of nitrogens with zero attached hydrogens (tertiary/aromatic N) is 1. The molecule has 1 aromatic rings. The van der Waals surface area contributed by atoms with Crippen molar-refractivity contribution < 1.29 is 9.59 Å². The summed E-state index contributed by atoms with van der Waals surface area (Å²) in [7, 11) is 1.58. The molecule has 0 atom stereocenters. The van der Waals surface area contributed by atoms with Gasteiger partial charge in [0.05, 0.1) is 16.1 Å². The van der Waals surface area contributed by atoms with Crippen LogP contribution in [0.1, 0.15) is 53.1 Å². The summed E-state index contributed by atoms with van der Waals surface area (Å²) in [5.74, 6) is 0.454. The molecule has 0 aromatic carbocycles. The SMILES string of the molecule is CCC1CCN(c2sc(C(C)=O)c(N)c2C(=O)NC)CC1. The average Bonchev–Trinajstić information content (AvgIpc) is 2.84. The number of hydrogen-bond acceptors (Lipinski definition) is 5. The molecule has 0 spiro atoms. The monoisotopic (exact) mass is 309 g/mol. The summed E-state index contributed by atoms with van der Waals surface area (Å²) < 4.78 is 0. The highest BCUT2D eigenvalue weighted by atomic mass is 32.1. The number of anilines is 2. The number of nitrogens with two attached hydrogens (primary N) is 1. The van der Waals surface area contributed by atoms with Crippen molar-refractivity contribution in [3.05, 3.63) is 10.4 Å². The molecule has 1 amide bonds. The van der Waals surface area contributed by atoms with Crippen LogP contribution >= 0.6 is 11.3 Å². The lowest BCUT2D eigenvalue weighted by Gasteiger charge is -2.32. The van der Waals surface area contributed by atoms with E-state index in [1.165, 1.54) is 24.7 Å². The third-order valence-electron chi connectivity index (χ3n) is 4.18. The molecule has 0 radical (unpaired) electrons. The third kappa shape index (κ3) is 3.05. The highest BCUT2D eigenvalue weighted by Gasteiger charge is 2.28. The lowest BCUT2D eigenvalue weighted by molar-refractivity contribution is 0.0964. The predicted molar refractivity (Wildman–Crippen MR) is 87.4 cm³/mol. The first kappa shape index (κ1) is 15.8. The standard InChI is InChI=1S/C15H23N3O2S/c1-4-10-5-7-18(8-6-10)15-11(14(20)17-3)12(16)13(21-15)9(2)19/h10H,4-8,16H2,1-3H3,(H,17,20). The molecule has 2 heterocycles. The summed E-state index contributed by atoms with van der Waals surface area (Å²) >= 11 is 1.34. The van der Waals surface area contributed by atoms with Crippen molar-refractivity contribution in [1.29, 1.82) is 0 Å². The smallest absolute Gasteiger partial charge is 0.256 e. The van der Waals surface area contributed by atoms with E-state index in [0.29, 0.717) is 16.1 Å². The van der Waals surface area contributed by atoms with Gasteiger partial charge in [0, 0.05) is 27.1 Å². The zero-order chi connectivity index (χ0) is 15.6. The Morgan fingerprint density at radius 1 is 1.38 bits per heavy atom. The molecule has 0 saturated carbocycles. The second-order valence-corrected chi connectivity index (χ2v) is 6.50. The number of nitrogens with one attached hydrogen (secondary N) is 1. The van der Waals surface area contributed by atoms with Gasteiger partial charge < -0.3 is 16.0 Å². The molecule has 1 aliphatic heterocycles. The zero-order valence-corrected chi connectivity index (χ0v) is 13.7. The second kappa shape index (κ2) is 6.47. The Bertz CT molecular complexity index is 545. The minimum absolute atomic E-state index is 0.0858. The van der Waals surface area contributed by atoms with Crippen LogP contribution in [0.2, 0.25) is 0 Å². The van der Waals surface area contributed by atoms with Crippen molar-refractivity contribution in [1.82, 2.24) is 5.32 Å². The van der Waals surface area contributed by atoms with Crippen molar-refractivity contribution in [3.8, 4) is 0 Å². The lowest BCUT2D eigenvalue weighted by atomic mass is 9.94. The number of ketones is 1. The number of rotatable bonds is 4. The number of hydrogen-bond donors (Lipinski definition) is 2. The van der Waals surface area contributed by atoms with E-state index in [0.717, 1.165) is 36.9 Å². The van der Waals surface area contributed by atoms with Crippen LogP contribution in [0.5, 0.6) is 0 Å². The molecular weight excluding hydrogens is 286 g/mol. The van der Waals surface area contributed by atoms with Crippen LogP contribution in [0.25, 0.3) is 0 Å². The van der Waals surface area contributed by atoms with Gasteiger partial charge in [-0.25, -0.2) is 0 Å². The van der Waals surface area contributed by atoms with Gasteiger partial charge in [-0.2, -0.15) is 0 Å². The van der Waals surface area contributed by atoms with E-state index < -0.39 is 0 Å². The summed E-state index contributed by atoms with van der Waals surface area (Å²) in [5, 5.41) is 3.46. The van der Waals surface area contributed by atoms with E-state index >= 15 is 0 Å². The average molecular weight is 309 g/mol. The maximum Gasteiger partial charge on any atom is 0.256 e. The first-order chi connectivity index (χ1) is 9.99. The molecule has 3 N–H and O–H groups in total. The summed E-state index contributed by atoms with van der Waals surface area (Å²) in [6.45, 7) is 5.54. The first-order valence-electron chi connectivity index (χ1n) is 7.39. The van der Waals surface area contributed by atoms with Gasteiger partial charge in [-0.05, 0) is 18.8 Å². The van der Waals surface area contributed by atoms with Crippen molar-refractivity contribution in [2.45, 2.75) is 33.1 Å². The van der Waals surface area contributed by atoms with Gasteiger partial charge in [-0.1, -0.05) is 13.3 Å². The second-order valence-electron chi connectivity index (χ2n) is 5.50. The molecule has 2 rings (SSSR count). The summed E-state index contributed by atoms with van der Waals surface area (Å²) in [4.78, 5) is 26.5. The molecule has 0 aliphatic carbocycles. The van der Waals surface area contributed by atoms with E-state index in [4.69, 9.17) is 5.73 Å². The largest absolute Gasteiger partial charge is 0.397 e. The van der Waals surface area contributed by atoms with Crippen molar-refractivity contribution in [2.24, 2.45) is 5.92 Å². The quantitative estimate of drug-likeness (QED) is 0.838. The van der Waals surface area contributed by atoms with E-state index in [2.05, 4.69) is 17.1 Å². The third-order valence-corrected chi connectivity index (χ3v) is 5.55. The first-order valence-corrected chi connectivity index (χ1v) is 8.21. The number of carbonyl (C=O) groups is 2. The number of amides is 1. The highest BCUT2D eigenvalue weighted by Crippen LogP contribution is 2.40. The summed E-state index contributed by atoms with van der Waals surface area (Å²) in [6.07, 6.45) is 3.44. The fraction of sp³-hybridized carbons (Fsp3) is 0.600. The van der Waals surface area contributed by atoms with E-state index in [9.17, 15) is 9.59 Å². The van der Waals surface area contributed by atoms with Gasteiger partial charge in [0.25, 0.3) is 5.91 Å². The van der Waals surface area contributed by atoms with Crippen molar-refractivity contribution >= 4 is 33.7 Å². The Hall–Kier alpha value is -1.56. The minimum Gasteiger partial charge on any atom is -0.397 e. The summed E-state index contributed by atoms with van der Waals surface area (Å²) in [6, 6.07) is 0. The number of piperidine rings is 1.